The van der Waals surface area contributed by atoms with Crippen molar-refractivity contribution in [2.45, 2.75) is 368 Å². The van der Waals surface area contributed by atoms with E-state index in [-0.39, 0.29) is 25.7 Å². The summed E-state index contributed by atoms with van der Waals surface area (Å²) in [4.78, 5) is 72.2. The molecular formula is C68H132O17P2. The first-order chi connectivity index (χ1) is 42.0. The first kappa shape index (κ1) is 85.1. The van der Waals surface area contributed by atoms with Gasteiger partial charge in [0.2, 0.25) is 0 Å². The third kappa shape index (κ3) is 62.6. The highest BCUT2D eigenvalue weighted by atomic mass is 31.2. The van der Waals surface area contributed by atoms with E-state index in [1.807, 2.05) is 0 Å². The Kier molecular flexibility index (Phi) is 60.2. The van der Waals surface area contributed by atoms with Gasteiger partial charge in [0.1, 0.15) is 19.3 Å². The van der Waals surface area contributed by atoms with Crippen LogP contribution in [0.25, 0.3) is 0 Å². The predicted octanol–water partition coefficient (Wildman–Crippen LogP) is 19.4. The Morgan fingerprint density at radius 1 is 0.310 bits per heavy atom. The number of rotatable bonds is 68. The fourth-order valence-electron chi connectivity index (χ4n) is 10.3. The average Bonchev–Trinajstić information content (AvgIpc) is 3.69. The van der Waals surface area contributed by atoms with Gasteiger partial charge in [-0.1, -0.05) is 298 Å². The van der Waals surface area contributed by atoms with E-state index >= 15 is 0 Å². The van der Waals surface area contributed by atoms with Gasteiger partial charge in [0, 0.05) is 25.7 Å². The quantitative estimate of drug-likeness (QED) is 0.0222. The van der Waals surface area contributed by atoms with E-state index in [1.54, 1.807) is 0 Å². The van der Waals surface area contributed by atoms with Crippen LogP contribution < -0.4 is 0 Å². The molecular weight excluding hydrogens is 1150 g/mol. The van der Waals surface area contributed by atoms with Crippen molar-refractivity contribution in [2.75, 3.05) is 39.6 Å². The molecule has 0 aliphatic rings. The number of aliphatic hydroxyl groups excluding tert-OH is 1. The van der Waals surface area contributed by atoms with Crippen molar-refractivity contribution in [1.82, 2.24) is 0 Å². The number of phosphoric acid groups is 2. The number of carbonyl (C=O) groups excluding carboxylic acids is 4. The monoisotopic (exact) mass is 1280 g/mol. The molecule has 0 amide bonds. The second kappa shape index (κ2) is 61.6. The molecule has 0 aliphatic carbocycles. The molecule has 0 saturated carbocycles. The Morgan fingerprint density at radius 2 is 0.529 bits per heavy atom. The summed E-state index contributed by atoms with van der Waals surface area (Å²) in [5.41, 5.74) is 0. The summed E-state index contributed by atoms with van der Waals surface area (Å²) >= 11 is 0. The Hall–Kier alpha value is -1.94. The lowest BCUT2D eigenvalue weighted by Crippen LogP contribution is -2.30. The Bertz CT molecular complexity index is 1690. The molecule has 0 fully saturated rings. The Labute approximate surface area is 530 Å². The largest absolute Gasteiger partial charge is 0.472 e. The lowest BCUT2D eigenvalue weighted by molar-refractivity contribution is -0.161. The summed E-state index contributed by atoms with van der Waals surface area (Å²) in [5.74, 6) is -1.39. The standard InChI is InChI=1S/C68H132O17P2/c1-6-9-12-15-17-19-21-23-24-25-26-27-28-30-34-39-44-49-54-68(73)85-64(58-79-66(71)52-47-42-37-35-31-32-36-41-45-50-61(4)5)60-83-87(76,77)81-56-62(69)55-80-86(74,75)82-59-63(57-78-65(70)51-46-40-14-11-8-3)84-67(72)53-48-43-38-33-29-22-20-18-16-13-10-7-2/h61-64,69H,6-60H2,1-5H3,(H,74,75)(H,76,77)/t62-,63+,64+/m0/s1. The third-order valence-electron chi connectivity index (χ3n) is 15.8. The van der Waals surface area contributed by atoms with Crippen LogP contribution in [-0.2, 0) is 65.4 Å². The van der Waals surface area contributed by atoms with E-state index < -0.39 is 97.5 Å². The van der Waals surface area contributed by atoms with Gasteiger partial charge in [0.15, 0.2) is 12.2 Å². The van der Waals surface area contributed by atoms with Gasteiger partial charge in [-0.25, -0.2) is 9.13 Å². The maximum atomic E-state index is 13.0. The van der Waals surface area contributed by atoms with Crippen LogP contribution in [0.15, 0.2) is 0 Å². The van der Waals surface area contributed by atoms with E-state index in [9.17, 15) is 43.2 Å². The van der Waals surface area contributed by atoms with Crippen LogP contribution in [0, 0.1) is 5.92 Å². The second-order valence-electron chi connectivity index (χ2n) is 25.0. The molecule has 0 aliphatic heterocycles. The van der Waals surface area contributed by atoms with E-state index in [0.29, 0.717) is 25.7 Å². The third-order valence-corrected chi connectivity index (χ3v) is 17.7. The van der Waals surface area contributed by atoms with Gasteiger partial charge in [-0.05, 0) is 31.6 Å². The Balaban J connectivity index is 5.14. The molecule has 0 rings (SSSR count). The number of esters is 4. The zero-order valence-electron chi connectivity index (χ0n) is 56.2. The smallest absolute Gasteiger partial charge is 0.462 e. The molecule has 0 radical (unpaired) electrons. The van der Waals surface area contributed by atoms with Gasteiger partial charge in [-0.15, -0.1) is 0 Å². The first-order valence-corrected chi connectivity index (χ1v) is 38.6. The van der Waals surface area contributed by atoms with Crippen molar-refractivity contribution in [2.24, 2.45) is 5.92 Å². The molecule has 19 heteroatoms. The number of ether oxygens (including phenoxy) is 4. The van der Waals surface area contributed by atoms with Crippen molar-refractivity contribution in [3.05, 3.63) is 0 Å². The summed E-state index contributed by atoms with van der Waals surface area (Å²) in [7, 11) is -9.88. The van der Waals surface area contributed by atoms with Crippen molar-refractivity contribution >= 4 is 39.5 Å². The molecule has 0 aromatic rings. The fraction of sp³-hybridized carbons (Fsp3) is 0.941. The number of carbonyl (C=O) groups is 4. The molecule has 0 saturated heterocycles. The molecule has 0 aromatic heterocycles. The minimum absolute atomic E-state index is 0.106. The summed E-state index contributed by atoms with van der Waals surface area (Å²) < 4.78 is 68.0. The van der Waals surface area contributed by atoms with Crippen LogP contribution in [0.2, 0.25) is 0 Å². The zero-order valence-corrected chi connectivity index (χ0v) is 57.9. The zero-order chi connectivity index (χ0) is 64.2. The van der Waals surface area contributed by atoms with Crippen LogP contribution in [0.1, 0.15) is 349 Å². The lowest BCUT2D eigenvalue weighted by atomic mass is 10.0. The molecule has 5 atom stereocenters. The van der Waals surface area contributed by atoms with Crippen LogP contribution in [0.4, 0.5) is 0 Å². The highest BCUT2D eigenvalue weighted by molar-refractivity contribution is 7.47. The topological polar surface area (TPSA) is 237 Å². The van der Waals surface area contributed by atoms with Crippen LogP contribution >= 0.6 is 15.6 Å². The molecule has 87 heavy (non-hydrogen) atoms. The lowest BCUT2D eigenvalue weighted by Gasteiger charge is -2.21. The maximum Gasteiger partial charge on any atom is 0.472 e. The minimum Gasteiger partial charge on any atom is -0.462 e. The summed E-state index contributed by atoms with van der Waals surface area (Å²) in [5, 5.41) is 10.5. The maximum absolute atomic E-state index is 13.0. The van der Waals surface area contributed by atoms with Crippen LogP contribution in [0.5, 0.6) is 0 Å². The van der Waals surface area contributed by atoms with E-state index in [0.717, 1.165) is 102 Å². The highest BCUT2D eigenvalue weighted by Crippen LogP contribution is 2.45. The predicted molar refractivity (Wildman–Crippen MR) is 349 cm³/mol. The van der Waals surface area contributed by atoms with Gasteiger partial charge in [0.25, 0.3) is 0 Å². The van der Waals surface area contributed by atoms with Gasteiger partial charge in [-0.3, -0.25) is 37.3 Å². The number of hydrogen-bond donors (Lipinski definition) is 3. The van der Waals surface area contributed by atoms with Crippen LogP contribution in [0.3, 0.4) is 0 Å². The molecule has 17 nitrogen and oxygen atoms in total. The van der Waals surface area contributed by atoms with Crippen molar-refractivity contribution in [1.29, 1.82) is 0 Å². The summed E-state index contributed by atoms with van der Waals surface area (Å²) in [6.07, 6.45) is 47.6. The van der Waals surface area contributed by atoms with Gasteiger partial charge < -0.3 is 33.8 Å². The van der Waals surface area contributed by atoms with Gasteiger partial charge in [-0.2, -0.15) is 0 Å². The minimum atomic E-state index is -4.95. The Morgan fingerprint density at radius 3 is 0.782 bits per heavy atom. The molecule has 0 aromatic carbocycles. The molecule has 0 heterocycles. The number of unbranched alkanes of at least 4 members (excludes halogenated alkanes) is 40. The summed E-state index contributed by atoms with van der Waals surface area (Å²) in [6.45, 7) is 7.13. The number of aliphatic hydroxyl groups is 1. The molecule has 0 spiro atoms. The van der Waals surface area contributed by atoms with Crippen molar-refractivity contribution in [3.63, 3.8) is 0 Å². The van der Waals surface area contributed by atoms with E-state index in [1.165, 1.54) is 167 Å². The van der Waals surface area contributed by atoms with Crippen molar-refractivity contribution < 1.29 is 80.2 Å². The molecule has 516 valence electrons. The van der Waals surface area contributed by atoms with Gasteiger partial charge in [0.05, 0.1) is 26.4 Å². The van der Waals surface area contributed by atoms with Gasteiger partial charge >= 0.3 is 39.5 Å². The summed E-state index contributed by atoms with van der Waals surface area (Å²) in [6, 6.07) is 0. The van der Waals surface area contributed by atoms with Crippen molar-refractivity contribution in [3.8, 4) is 0 Å². The molecule has 3 N–H and O–H groups in total. The molecule has 2 unspecified atom stereocenters. The first-order valence-electron chi connectivity index (χ1n) is 35.6. The van der Waals surface area contributed by atoms with E-state index in [2.05, 4.69) is 34.6 Å². The van der Waals surface area contributed by atoms with Crippen LogP contribution in [-0.4, -0.2) is 96.7 Å². The SMILES string of the molecule is CCCCCCCCCCCCCCCCCCCCC(=O)O[C@H](COC(=O)CCCCCCCCCCCC(C)C)COP(=O)(O)OC[C@@H](O)COP(=O)(O)OC[C@@H](COC(=O)CCCCCCC)OC(=O)CCCCCCCCCCCCCC. The fourth-order valence-corrected chi connectivity index (χ4v) is 11.9. The second-order valence-corrected chi connectivity index (χ2v) is 27.9. The normalized spacial score (nSPS) is 14.1. The highest BCUT2D eigenvalue weighted by Gasteiger charge is 2.30. The van der Waals surface area contributed by atoms with E-state index in [4.69, 9.17) is 37.0 Å². The molecule has 0 bridgehead atoms. The number of phosphoric ester groups is 2. The number of hydrogen-bond acceptors (Lipinski definition) is 15. The average molecular weight is 1280 g/mol.